The van der Waals surface area contributed by atoms with Gasteiger partial charge in [-0.1, -0.05) is 15.9 Å². The van der Waals surface area contributed by atoms with E-state index in [1.54, 1.807) is 6.07 Å². The highest BCUT2D eigenvalue weighted by Gasteiger charge is 2.19. The van der Waals surface area contributed by atoms with Gasteiger partial charge in [-0.15, -0.1) is 0 Å². The van der Waals surface area contributed by atoms with E-state index in [1.165, 1.54) is 13.2 Å². The van der Waals surface area contributed by atoms with Crippen LogP contribution in [0.15, 0.2) is 16.6 Å². The minimum atomic E-state index is -0.496. The zero-order chi connectivity index (χ0) is 10.7. The van der Waals surface area contributed by atoms with Crippen LogP contribution in [-0.2, 0) is 6.54 Å². The number of nitrogens with two attached hydrogens (primary N) is 1. The molecule has 6 heteroatoms. The number of nitrogens with zero attached hydrogens (tertiary/aromatic N) is 1. The van der Waals surface area contributed by atoms with Crippen LogP contribution in [0.2, 0.25) is 0 Å². The van der Waals surface area contributed by atoms with E-state index in [0.717, 1.165) is 0 Å². The van der Waals surface area contributed by atoms with Gasteiger partial charge in [0.05, 0.1) is 12.0 Å². The first-order chi connectivity index (χ1) is 6.61. The Morgan fingerprint density at radius 3 is 2.71 bits per heavy atom. The Bertz CT molecular complexity index is 368. The molecule has 0 aliphatic heterocycles. The summed E-state index contributed by atoms with van der Waals surface area (Å²) in [7, 11) is 1.38. The van der Waals surface area contributed by atoms with Gasteiger partial charge in [0.1, 0.15) is 0 Å². The lowest BCUT2D eigenvalue weighted by molar-refractivity contribution is -0.385. The highest BCUT2D eigenvalue weighted by atomic mass is 79.9. The second-order valence-corrected chi connectivity index (χ2v) is 3.39. The maximum Gasteiger partial charge on any atom is 0.311 e. The standard InChI is InChI=1S/C8H9BrN2O3/c1-14-8-5(4-10)6(9)2-3-7(8)11(12)13/h2-3H,4,10H2,1H3. The Balaban J connectivity index is 3.40. The van der Waals surface area contributed by atoms with E-state index in [-0.39, 0.29) is 18.0 Å². The smallest absolute Gasteiger partial charge is 0.311 e. The number of nitro groups is 1. The molecule has 0 amide bonds. The Morgan fingerprint density at radius 2 is 2.29 bits per heavy atom. The fraction of sp³-hybridized carbons (Fsp3) is 0.250. The van der Waals surface area contributed by atoms with Crippen molar-refractivity contribution in [3.05, 3.63) is 32.3 Å². The summed E-state index contributed by atoms with van der Waals surface area (Å²) >= 11 is 3.25. The number of benzene rings is 1. The van der Waals surface area contributed by atoms with E-state index in [9.17, 15) is 10.1 Å². The quantitative estimate of drug-likeness (QED) is 0.664. The van der Waals surface area contributed by atoms with Gasteiger partial charge in [0.2, 0.25) is 5.75 Å². The summed E-state index contributed by atoms with van der Waals surface area (Å²) in [4.78, 5) is 10.1. The summed E-state index contributed by atoms with van der Waals surface area (Å²) in [6, 6.07) is 2.96. The molecule has 0 aliphatic rings. The molecule has 1 aromatic rings. The van der Waals surface area contributed by atoms with Gasteiger partial charge in [0, 0.05) is 22.6 Å². The van der Waals surface area contributed by atoms with Crippen LogP contribution in [0.25, 0.3) is 0 Å². The molecule has 0 radical (unpaired) electrons. The average molecular weight is 261 g/mol. The van der Waals surface area contributed by atoms with Gasteiger partial charge < -0.3 is 10.5 Å². The molecule has 5 nitrogen and oxygen atoms in total. The minimum absolute atomic E-state index is 0.0730. The number of methoxy groups -OCH3 is 1. The lowest BCUT2D eigenvalue weighted by Gasteiger charge is -2.08. The van der Waals surface area contributed by atoms with Crippen LogP contribution in [0.5, 0.6) is 5.75 Å². The number of hydrogen-bond donors (Lipinski definition) is 1. The molecule has 0 bridgehead atoms. The molecular weight excluding hydrogens is 252 g/mol. The van der Waals surface area contributed by atoms with Gasteiger partial charge in [0.15, 0.2) is 0 Å². The summed E-state index contributed by atoms with van der Waals surface area (Å²) in [6.45, 7) is 0.186. The monoisotopic (exact) mass is 260 g/mol. The molecule has 1 rings (SSSR count). The Hall–Kier alpha value is -1.14. The van der Waals surface area contributed by atoms with Crippen molar-refractivity contribution in [3.8, 4) is 5.75 Å². The van der Waals surface area contributed by atoms with E-state index in [0.29, 0.717) is 10.0 Å². The molecule has 2 N–H and O–H groups in total. The topological polar surface area (TPSA) is 78.4 Å². The van der Waals surface area contributed by atoms with Crippen molar-refractivity contribution in [1.82, 2.24) is 0 Å². The lowest BCUT2D eigenvalue weighted by Crippen LogP contribution is -2.03. The first-order valence-electron chi connectivity index (χ1n) is 3.81. The largest absolute Gasteiger partial charge is 0.490 e. The number of nitro benzene ring substituents is 1. The molecule has 0 saturated heterocycles. The molecule has 14 heavy (non-hydrogen) atoms. The third-order valence-corrected chi connectivity index (χ3v) is 2.53. The maximum atomic E-state index is 10.6. The van der Waals surface area contributed by atoms with Crippen molar-refractivity contribution in [1.29, 1.82) is 0 Å². The van der Waals surface area contributed by atoms with Gasteiger partial charge in [-0.2, -0.15) is 0 Å². The molecule has 0 heterocycles. The molecule has 0 saturated carbocycles. The van der Waals surface area contributed by atoms with Gasteiger partial charge in [-0.05, 0) is 6.07 Å². The molecule has 0 aliphatic carbocycles. The van der Waals surface area contributed by atoms with Crippen LogP contribution >= 0.6 is 15.9 Å². The zero-order valence-electron chi connectivity index (χ0n) is 7.49. The normalized spacial score (nSPS) is 9.93. The summed E-state index contributed by atoms with van der Waals surface area (Å²) in [5.74, 6) is 0.215. The van der Waals surface area contributed by atoms with Gasteiger partial charge >= 0.3 is 5.69 Å². The predicted octanol–water partition coefficient (Wildman–Crippen LogP) is 1.82. The summed E-state index contributed by atoms with van der Waals surface area (Å²) in [6.07, 6.45) is 0. The summed E-state index contributed by atoms with van der Waals surface area (Å²) in [5.41, 5.74) is 5.99. The van der Waals surface area contributed by atoms with Crippen LogP contribution in [0.1, 0.15) is 5.56 Å². The molecule has 0 spiro atoms. The fourth-order valence-electron chi connectivity index (χ4n) is 1.15. The van der Waals surface area contributed by atoms with Crippen LogP contribution in [-0.4, -0.2) is 12.0 Å². The minimum Gasteiger partial charge on any atom is -0.490 e. The summed E-state index contributed by atoms with van der Waals surface area (Å²) < 4.78 is 5.67. The van der Waals surface area contributed by atoms with Crippen molar-refractivity contribution in [2.24, 2.45) is 5.73 Å². The van der Waals surface area contributed by atoms with E-state index in [2.05, 4.69) is 15.9 Å². The van der Waals surface area contributed by atoms with Gasteiger partial charge in [-0.3, -0.25) is 10.1 Å². The van der Waals surface area contributed by atoms with Crippen molar-refractivity contribution in [3.63, 3.8) is 0 Å². The number of hydrogen-bond acceptors (Lipinski definition) is 4. The molecule has 0 aromatic heterocycles. The molecule has 0 fully saturated rings. The van der Waals surface area contributed by atoms with Crippen molar-refractivity contribution in [2.75, 3.05) is 7.11 Å². The molecular formula is C8H9BrN2O3. The highest BCUT2D eigenvalue weighted by molar-refractivity contribution is 9.10. The van der Waals surface area contributed by atoms with Gasteiger partial charge in [0.25, 0.3) is 0 Å². The lowest BCUT2D eigenvalue weighted by atomic mass is 10.2. The van der Waals surface area contributed by atoms with E-state index in [4.69, 9.17) is 10.5 Å². The third kappa shape index (κ3) is 1.85. The first-order valence-corrected chi connectivity index (χ1v) is 4.61. The second-order valence-electron chi connectivity index (χ2n) is 2.54. The Morgan fingerprint density at radius 1 is 1.64 bits per heavy atom. The van der Waals surface area contributed by atoms with Crippen LogP contribution < -0.4 is 10.5 Å². The van der Waals surface area contributed by atoms with Crippen LogP contribution in [0.3, 0.4) is 0 Å². The fourth-order valence-corrected chi connectivity index (χ4v) is 1.63. The molecule has 76 valence electrons. The second kappa shape index (κ2) is 4.39. The third-order valence-electron chi connectivity index (χ3n) is 1.79. The number of ether oxygens (including phenoxy) is 1. The van der Waals surface area contributed by atoms with E-state index < -0.39 is 4.92 Å². The maximum absolute atomic E-state index is 10.6. The SMILES string of the molecule is COc1c([N+](=O)[O-])ccc(Br)c1CN. The molecule has 0 unspecified atom stereocenters. The van der Waals surface area contributed by atoms with Crippen molar-refractivity contribution < 1.29 is 9.66 Å². The van der Waals surface area contributed by atoms with Crippen LogP contribution in [0.4, 0.5) is 5.69 Å². The average Bonchev–Trinajstić information content (AvgIpc) is 2.16. The first kappa shape index (κ1) is 10.9. The Kier molecular flexibility index (Phi) is 3.43. The summed E-state index contributed by atoms with van der Waals surface area (Å²) in [5, 5.41) is 10.6. The van der Waals surface area contributed by atoms with E-state index in [1.807, 2.05) is 0 Å². The molecule has 1 aromatic carbocycles. The highest BCUT2D eigenvalue weighted by Crippen LogP contribution is 2.35. The van der Waals surface area contributed by atoms with Gasteiger partial charge in [-0.25, -0.2) is 0 Å². The molecule has 0 atom stereocenters. The van der Waals surface area contributed by atoms with E-state index >= 15 is 0 Å². The van der Waals surface area contributed by atoms with Crippen molar-refractivity contribution >= 4 is 21.6 Å². The Labute approximate surface area is 89.1 Å². The predicted molar refractivity (Wildman–Crippen MR) is 55.2 cm³/mol. The number of rotatable bonds is 3. The van der Waals surface area contributed by atoms with Crippen LogP contribution in [0, 0.1) is 10.1 Å². The van der Waals surface area contributed by atoms with Crippen molar-refractivity contribution in [2.45, 2.75) is 6.54 Å². The zero-order valence-corrected chi connectivity index (χ0v) is 9.08. The number of halogens is 1.